The number of hydrogen-bond acceptors (Lipinski definition) is 3. The summed E-state index contributed by atoms with van der Waals surface area (Å²) in [7, 11) is 1.70. The van der Waals surface area contributed by atoms with Crippen molar-refractivity contribution in [3.63, 3.8) is 0 Å². The maximum absolute atomic E-state index is 11.5. The average Bonchev–Trinajstić information content (AvgIpc) is 2.98. The van der Waals surface area contributed by atoms with Gasteiger partial charge in [-0.3, -0.25) is 4.79 Å². The van der Waals surface area contributed by atoms with E-state index in [0.29, 0.717) is 6.42 Å². The highest BCUT2D eigenvalue weighted by molar-refractivity contribution is 7.80. The zero-order valence-electron chi connectivity index (χ0n) is 9.42. The molecule has 0 aliphatic heterocycles. The predicted octanol–water partition coefficient (Wildman–Crippen LogP) is 1.63. The van der Waals surface area contributed by atoms with Gasteiger partial charge in [-0.05, 0) is 36.9 Å². The lowest BCUT2D eigenvalue weighted by Gasteiger charge is -2.11. The van der Waals surface area contributed by atoms with E-state index in [1.54, 1.807) is 7.11 Å². The fraction of sp³-hybridized carbons (Fsp3) is 0.909. The minimum absolute atomic E-state index is 0.180. The summed E-state index contributed by atoms with van der Waals surface area (Å²) in [4.78, 5) is 11.5. The van der Waals surface area contributed by atoms with Crippen LogP contribution in [-0.4, -0.2) is 31.9 Å². The number of thiol groups is 1. The number of amides is 1. The maximum atomic E-state index is 11.5. The molecule has 0 spiro atoms. The van der Waals surface area contributed by atoms with E-state index in [2.05, 4.69) is 17.9 Å². The molecule has 0 atom stereocenters. The molecule has 0 saturated heterocycles. The Balaban J connectivity index is 1.99. The Morgan fingerprint density at radius 3 is 2.73 bits per heavy atom. The Bertz CT molecular complexity index is 205. The third kappa shape index (κ3) is 4.89. The topological polar surface area (TPSA) is 38.3 Å². The normalized spacial score (nSPS) is 17.5. The van der Waals surface area contributed by atoms with Gasteiger partial charge in [-0.25, -0.2) is 0 Å². The van der Waals surface area contributed by atoms with Crippen molar-refractivity contribution in [1.29, 1.82) is 0 Å². The molecule has 0 aromatic heterocycles. The van der Waals surface area contributed by atoms with Gasteiger partial charge in [-0.15, -0.1) is 0 Å². The van der Waals surface area contributed by atoms with E-state index < -0.39 is 0 Å². The van der Waals surface area contributed by atoms with Gasteiger partial charge in [0, 0.05) is 26.7 Å². The fourth-order valence-corrected chi connectivity index (χ4v) is 2.00. The number of rotatable bonds is 8. The molecule has 88 valence electrons. The molecule has 4 heteroatoms. The Morgan fingerprint density at radius 2 is 2.20 bits per heavy atom. The van der Waals surface area contributed by atoms with Crippen LogP contribution in [0.4, 0.5) is 0 Å². The molecule has 1 saturated carbocycles. The molecule has 3 nitrogen and oxygen atoms in total. The van der Waals surface area contributed by atoms with E-state index in [-0.39, 0.29) is 11.3 Å². The molecule has 1 amide bonds. The highest BCUT2D eigenvalue weighted by atomic mass is 32.1. The van der Waals surface area contributed by atoms with Gasteiger partial charge in [-0.2, -0.15) is 12.6 Å². The third-order valence-electron chi connectivity index (χ3n) is 2.93. The monoisotopic (exact) mass is 231 g/mol. The lowest BCUT2D eigenvalue weighted by Crippen LogP contribution is -2.27. The highest BCUT2D eigenvalue weighted by Crippen LogP contribution is 2.49. The van der Waals surface area contributed by atoms with Crippen molar-refractivity contribution in [2.45, 2.75) is 32.1 Å². The summed E-state index contributed by atoms with van der Waals surface area (Å²) in [5.74, 6) is 1.02. The van der Waals surface area contributed by atoms with Gasteiger partial charge in [0.15, 0.2) is 0 Å². The Kier molecular flexibility index (Phi) is 5.47. The van der Waals surface area contributed by atoms with Crippen molar-refractivity contribution in [3.05, 3.63) is 0 Å². The van der Waals surface area contributed by atoms with Crippen molar-refractivity contribution in [3.8, 4) is 0 Å². The first-order valence-electron chi connectivity index (χ1n) is 5.59. The first kappa shape index (κ1) is 12.8. The Hall–Kier alpha value is -0.220. The summed E-state index contributed by atoms with van der Waals surface area (Å²) in [6.45, 7) is 1.54. The van der Waals surface area contributed by atoms with Crippen LogP contribution >= 0.6 is 12.6 Å². The smallest absolute Gasteiger partial charge is 0.220 e. The van der Waals surface area contributed by atoms with Gasteiger partial charge in [-0.1, -0.05) is 0 Å². The quantitative estimate of drug-likeness (QED) is 0.492. The standard InChI is InChI=1S/C11H21NO2S/c1-14-7-3-2-6-12-10(13)8-11(9-15)4-5-11/h15H,2-9H2,1H3,(H,12,13). The first-order valence-corrected chi connectivity index (χ1v) is 6.22. The van der Waals surface area contributed by atoms with E-state index in [1.807, 2.05) is 0 Å². The van der Waals surface area contributed by atoms with Crippen LogP contribution in [-0.2, 0) is 9.53 Å². The van der Waals surface area contributed by atoms with Gasteiger partial charge in [0.1, 0.15) is 0 Å². The summed E-state index contributed by atoms with van der Waals surface area (Å²) in [6.07, 6.45) is 4.98. The summed E-state index contributed by atoms with van der Waals surface area (Å²) in [5, 5.41) is 2.94. The van der Waals surface area contributed by atoms with E-state index in [1.165, 1.54) is 0 Å². The second-order valence-corrected chi connectivity index (χ2v) is 4.70. The van der Waals surface area contributed by atoms with Crippen LogP contribution in [0.5, 0.6) is 0 Å². The molecule has 1 rings (SSSR count). The first-order chi connectivity index (χ1) is 7.22. The maximum Gasteiger partial charge on any atom is 0.220 e. The van der Waals surface area contributed by atoms with Crippen LogP contribution in [0, 0.1) is 5.41 Å². The lowest BCUT2D eigenvalue weighted by molar-refractivity contribution is -0.122. The van der Waals surface area contributed by atoms with Crippen molar-refractivity contribution < 1.29 is 9.53 Å². The molecule has 1 aliphatic rings. The number of nitrogens with one attached hydrogen (secondary N) is 1. The Labute approximate surface area is 97.4 Å². The van der Waals surface area contributed by atoms with E-state index in [4.69, 9.17) is 4.74 Å². The molecular formula is C11H21NO2S. The molecule has 1 aliphatic carbocycles. The van der Waals surface area contributed by atoms with Crippen LogP contribution < -0.4 is 5.32 Å². The van der Waals surface area contributed by atoms with Crippen LogP contribution in [0.3, 0.4) is 0 Å². The number of carbonyl (C=O) groups is 1. The molecule has 0 aromatic rings. The molecule has 0 heterocycles. The highest BCUT2D eigenvalue weighted by Gasteiger charge is 2.42. The van der Waals surface area contributed by atoms with Crippen molar-refractivity contribution in [2.75, 3.05) is 26.0 Å². The number of unbranched alkanes of at least 4 members (excludes halogenated alkanes) is 1. The molecule has 1 N–H and O–H groups in total. The van der Waals surface area contributed by atoms with Crippen molar-refractivity contribution >= 4 is 18.5 Å². The van der Waals surface area contributed by atoms with E-state index in [9.17, 15) is 4.79 Å². The molecule has 0 unspecified atom stereocenters. The SMILES string of the molecule is COCCCCNC(=O)CC1(CS)CC1. The van der Waals surface area contributed by atoms with Gasteiger partial charge < -0.3 is 10.1 Å². The lowest BCUT2D eigenvalue weighted by atomic mass is 10.1. The summed E-state index contributed by atoms with van der Waals surface area (Å²) in [6, 6.07) is 0. The summed E-state index contributed by atoms with van der Waals surface area (Å²) >= 11 is 4.28. The van der Waals surface area contributed by atoms with Crippen molar-refractivity contribution in [1.82, 2.24) is 5.32 Å². The molecule has 1 fully saturated rings. The average molecular weight is 231 g/mol. The van der Waals surface area contributed by atoms with Crippen LogP contribution in [0.15, 0.2) is 0 Å². The van der Waals surface area contributed by atoms with Gasteiger partial charge >= 0.3 is 0 Å². The number of carbonyl (C=O) groups excluding carboxylic acids is 1. The van der Waals surface area contributed by atoms with Gasteiger partial charge in [0.2, 0.25) is 5.91 Å². The predicted molar refractivity (Wildman–Crippen MR) is 64.3 cm³/mol. The molecule has 15 heavy (non-hydrogen) atoms. The zero-order chi connectivity index (χ0) is 11.1. The van der Waals surface area contributed by atoms with Crippen molar-refractivity contribution in [2.24, 2.45) is 5.41 Å². The fourth-order valence-electron chi connectivity index (χ4n) is 1.57. The number of methoxy groups -OCH3 is 1. The van der Waals surface area contributed by atoms with Gasteiger partial charge in [0.05, 0.1) is 0 Å². The van der Waals surface area contributed by atoms with Gasteiger partial charge in [0.25, 0.3) is 0 Å². The minimum Gasteiger partial charge on any atom is -0.385 e. The number of ether oxygens (including phenoxy) is 1. The molecule has 0 bridgehead atoms. The second kappa shape index (κ2) is 6.38. The molecule has 0 aromatic carbocycles. The summed E-state index contributed by atoms with van der Waals surface area (Å²) < 4.78 is 4.93. The summed E-state index contributed by atoms with van der Waals surface area (Å²) in [5.41, 5.74) is 0.236. The molecular weight excluding hydrogens is 210 g/mol. The van der Waals surface area contributed by atoms with Crippen LogP contribution in [0.2, 0.25) is 0 Å². The molecule has 0 radical (unpaired) electrons. The van der Waals surface area contributed by atoms with E-state index >= 15 is 0 Å². The number of hydrogen-bond donors (Lipinski definition) is 2. The minimum atomic E-state index is 0.180. The largest absolute Gasteiger partial charge is 0.385 e. The van der Waals surface area contributed by atoms with E-state index in [0.717, 1.165) is 44.6 Å². The van der Waals surface area contributed by atoms with Crippen LogP contribution in [0.25, 0.3) is 0 Å². The third-order valence-corrected chi connectivity index (χ3v) is 3.60. The second-order valence-electron chi connectivity index (χ2n) is 4.38. The Morgan fingerprint density at radius 1 is 1.47 bits per heavy atom. The van der Waals surface area contributed by atoms with Crippen LogP contribution in [0.1, 0.15) is 32.1 Å². The zero-order valence-corrected chi connectivity index (χ0v) is 10.3.